The SMILES string of the molecule is CC(C)(C)[C@@H]1Cn2nc(-c3ccsc3)c(Cl)c2-c2cc(=O)c(C(=O)O)cn21. The third-order valence-corrected chi connectivity index (χ3v) is 5.96. The lowest BCUT2D eigenvalue weighted by molar-refractivity contribution is 0.0693. The average molecular weight is 404 g/mol. The Balaban J connectivity index is 2.02. The largest absolute Gasteiger partial charge is 0.477 e. The molecule has 0 aromatic carbocycles. The smallest absolute Gasteiger partial charge is 0.341 e. The van der Waals surface area contributed by atoms with Gasteiger partial charge >= 0.3 is 5.97 Å². The molecule has 1 N–H and O–H groups in total. The van der Waals surface area contributed by atoms with Crippen LogP contribution in [0.5, 0.6) is 0 Å². The molecule has 0 fully saturated rings. The second-order valence-electron chi connectivity index (χ2n) is 7.74. The van der Waals surface area contributed by atoms with Crippen LogP contribution in [0.1, 0.15) is 37.2 Å². The van der Waals surface area contributed by atoms with E-state index in [1.807, 2.05) is 26.1 Å². The number of carboxylic acid groups (broad SMARTS) is 1. The Morgan fingerprint density at radius 3 is 2.74 bits per heavy atom. The van der Waals surface area contributed by atoms with Crippen LogP contribution in [0.3, 0.4) is 0 Å². The standard InChI is InChI=1S/C19H18ClN3O3S/c1-19(2,3)14-8-23-17(15(20)16(21-23)10-4-5-27-9-10)12-6-13(24)11(18(25)26)7-22(12)14/h4-7,9,14H,8H2,1-3H3,(H,25,26)/t14-/m0/s1. The Morgan fingerprint density at radius 1 is 1.41 bits per heavy atom. The molecule has 0 spiro atoms. The molecule has 0 unspecified atom stereocenters. The van der Waals surface area contributed by atoms with E-state index < -0.39 is 11.4 Å². The molecule has 3 aromatic rings. The van der Waals surface area contributed by atoms with E-state index >= 15 is 0 Å². The van der Waals surface area contributed by atoms with Crippen LogP contribution < -0.4 is 5.43 Å². The summed E-state index contributed by atoms with van der Waals surface area (Å²) < 4.78 is 3.70. The van der Waals surface area contributed by atoms with Gasteiger partial charge in [-0.3, -0.25) is 9.48 Å². The summed E-state index contributed by atoms with van der Waals surface area (Å²) in [7, 11) is 0. The molecule has 0 amide bonds. The molecule has 6 nitrogen and oxygen atoms in total. The third-order valence-electron chi connectivity index (χ3n) is 4.92. The number of carboxylic acids is 1. The molecule has 3 aromatic heterocycles. The molecule has 27 heavy (non-hydrogen) atoms. The summed E-state index contributed by atoms with van der Waals surface area (Å²) in [5, 5.41) is 18.5. The summed E-state index contributed by atoms with van der Waals surface area (Å²) in [5.74, 6) is -1.23. The number of aromatic nitrogens is 3. The van der Waals surface area contributed by atoms with Crippen LogP contribution in [0, 0.1) is 5.41 Å². The highest BCUT2D eigenvalue weighted by molar-refractivity contribution is 7.08. The van der Waals surface area contributed by atoms with Gasteiger partial charge in [-0.05, 0) is 16.9 Å². The molecule has 0 saturated carbocycles. The fourth-order valence-electron chi connectivity index (χ4n) is 3.50. The zero-order valence-corrected chi connectivity index (χ0v) is 16.6. The highest BCUT2D eigenvalue weighted by Crippen LogP contribution is 2.44. The van der Waals surface area contributed by atoms with Gasteiger partial charge in [-0.25, -0.2) is 4.79 Å². The van der Waals surface area contributed by atoms with Crippen molar-refractivity contribution in [3.63, 3.8) is 0 Å². The van der Waals surface area contributed by atoms with E-state index in [1.54, 1.807) is 11.3 Å². The van der Waals surface area contributed by atoms with Crippen LogP contribution in [-0.4, -0.2) is 25.4 Å². The highest BCUT2D eigenvalue weighted by atomic mass is 35.5. The van der Waals surface area contributed by atoms with E-state index in [4.69, 9.17) is 16.7 Å². The topological polar surface area (TPSA) is 77.1 Å². The molecule has 1 atom stereocenters. The molecule has 8 heteroatoms. The predicted octanol–water partition coefficient (Wildman–Crippen LogP) is 4.39. The minimum atomic E-state index is -1.23. The maximum absolute atomic E-state index is 12.4. The zero-order chi connectivity index (χ0) is 19.5. The Labute approximate surface area is 164 Å². The number of pyridine rings is 1. The number of aromatic carboxylic acids is 1. The summed E-state index contributed by atoms with van der Waals surface area (Å²) in [4.78, 5) is 23.9. The first-order valence-corrected chi connectivity index (χ1v) is 9.79. The second kappa shape index (κ2) is 6.07. The summed E-state index contributed by atoms with van der Waals surface area (Å²) in [6.07, 6.45) is 1.44. The van der Waals surface area contributed by atoms with Crippen molar-refractivity contribution in [2.45, 2.75) is 33.4 Å². The van der Waals surface area contributed by atoms with E-state index in [1.165, 1.54) is 12.3 Å². The lowest BCUT2D eigenvalue weighted by Crippen LogP contribution is -2.35. The molecule has 140 valence electrons. The first-order chi connectivity index (χ1) is 12.7. The lowest BCUT2D eigenvalue weighted by atomic mass is 9.85. The average Bonchev–Trinajstić information content (AvgIpc) is 3.20. The number of carbonyl (C=O) groups is 1. The number of nitrogens with zero attached hydrogens (tertiary/aromatic N) is 3. The molecule has 1 aliphatic rings. The van der Waals surface area contributed by atoms with Gasteiger partial charge in [-0.15, -0.1) is 0 Å². The van der Waals surface area contributed by atoms with Crippen LogP contribution in [0.2, 0.25) is 5.02 Å². The fraction of sp³-hybridized carbons (Fsp3) is 0.316. The number of hydrogen-bond donors (Lipinski definition) is 1. The Hall–Kier alpha value is -2.38. The maximum Gasteiger partial charge on any atom is 0.341 e. The molecule has 4 heterocycles. The molecule has 0 saturated heterocycles. The maximum atomic E-state index is 12.4. The summed E-state index contributed by atoms with van der Waals surface area (Å²) >= 11 is 8.23. The Kier molecular flexibility index (Phi) is 4.05. The van der Waals surface area contributed by atoms with E-state index in [0.29, 0.717) is 28.6 Å². The van der Waals surface area contributed by atoms with Gasteiger partial charge in [0.1, 0.15) is 17.0 Å². The number of hydrogen-bond acceptors (Lipinski definition) is 4. The van der Waals surface area contributed by atoms with Gasteiger partial charge in [0.15, 0.2) is 5.43 Å². The second-order valence-corrected chi connectivity index (χ2v) is 8.89. The van der Waals surface area contributed by atoms with Crippen molar-refractivity contribution in [3.05, 3.63) is 49.9 Å². The van der Waals surface area contributed by atoms with Gasteiger partial charge in [-0.1, -0.05) is 32.4 Å². The number of halogens is 1. The van der Waals surface area contributed by atoms with Crippen molar-refractivity contribution in [2.24, 2.45) is 5.41 Å². The van der Waals surface area contributed by atoms with E-state index in [0.717, 1.165) is 5.56 Å². The zero-order valence-electron chi connectivity index (χ0n) is 15.1. The summed E-state index contributed by atoms with van der Waals surface area (Å²) in [5.41, 5.74) is 1.87. The van der Waals surface area contributed by atoms with Crippen LogP contribution in [0.4, 0.5) is 0 Å². The van der Waals surface area contributed by atoms with Crippen molar-refractivity contribution in [1.29, 1.82) is 0 Å². The molecular weight excluding hydrogens is 386 g/mol. The van der Waals surface area contributed by atoms with Crippen molar-refractivity contribution in [1.82, 2.24) is 14.3 Å². The van der Waals surface area contributed by atoms with Gasteiger partial charge in [0.2, 0.25) is 0 Å². The third kappa shape index (κ3) is 2.82. The molecule has 0 bridgehead atoms. The van der Waals surface area contributed by atoms with Crippen molar-refractivity contribution < 1.29 is 9.90 Å². The van der Waals surface area contributed by atoms with E-state index in [9.17, 15) is 14.7 Å². The number of thiophene rings is 1. The minimum absolute atomic E-state index is 0.0787. The first kappa shape index (κ1) is 18.0. The number of rotatable bonds is 2. The van der Waals surface area contributed by atoms with Crippen LogP contribution >= 0.6 is 22.9 Å². The minimum Gasteiger partial charge on any atom is -0.477 e. The summed E-state index contributed by atoms with van der Waals surface area (Å²) in [6, 6.07) is 3.23. The quantitative estimate of drug-likeness (QED) is 0.688. The van der Waals surface area contributed by atoms with Gasteiger partial charge in [0.25, 0.3) is 0 Å². The first-order valence-electron chi connectivity index (χ1n) is 8.47. The molecule has 0 radical (unpaired) electrons. The van der Waals surface area contributed by atoms with Crippen molar-refractivity contribution in [3.8, 4) is 22.6 Å². The fourth-order valence-corrected chi connectivity index (χ4v) is 4.48. The lowest BCUT2D eigenvalue weighted by Gasteiger charge is -2.38. The molecule has 0 aliphatic carbocycles. The highest BCUT2D eigenvalue weighted by Gasteiger charge is 2.36. The van der Waals surface area contributed by atoms with Gasteiger partial charge < -0.3 is 9.67 Å². The van der Waals surface area contributed by atoms with Crippen LogP contribution in [0.25, 0.3) is 22.6 Å². The van der Waals surface area contributed by atoms with Crippen LogP contribution in [-0.2, 0) is 6.54 Å². The van der Waals surface area contributed by atoms with Gasteiger partial charge in [0, 0.05) is 23.2 Å². The van der Waals surface area contributed by atoms with Gasteiger partial charge in [0.05, 0.1) is 23.3 Å². The molecule has 4 rings (SSSR count). The monoisotopic (exact) mass is 403 g/mol. The van der Waals surface area contributed by atoms with Crippen LogP contribution in [0.15, 0.2) is 33.9 Å². The number of fused-ring (bicyclic) bond motifs is 3. The van der Waals surface area contributed by atoms with Crippen molar-refractivity contribution in [2.75, 3.05) is 0 Å². The Bertz CT molecular complexity index is 1110. The van der Waals surface area contributed by atoms with E-state index in [2.05, 4.69) is 20.8 Å². The Morgan fingerprint density at radius 2 is 2.15 bits per heavy atom. The van der Waals surface area contributed by atoms with Crippen molar-refractivity contribution >= 4 is 28.9 Å². The molecular formula is C19H18ClN3O3S. The molecule has 1 aliphatic heterocycles. The van der Waals surface area contributed by atoms with E-state index in [-0.39, 0.29) is 17.0 Å². The predicted molar refractivity (Wildman–Crippen MR) is 106 cm³/mol. The summed E-state index contributed by atoms with van der Waals surface area (Å²) in [6.45, 7) is 6.78. The van der Waals surface area contributed by atoms with Gasteiger partial charge in [-0.2, -0.15) is 16.4 Å². The normalized spacial score (nSPS) is 16.1.